The predicted octanol–water partition coefficient (Wildman–Crippen LogP) is 7.21. The molecule has 0 saturated carbocycles. The predicted molar refractivity (Wildman–Crippen MR) is 162 cm³/mol. The van der Waals surface area contributed by atoms with E-state index in [1.165, 1.54) is 18.0 Å². The zero-order valence-corrected chi connectivity index (χ0v) is 23.1. The molecule has 204 valence electrons. The summed E-state index contributed by atoms with van der Waals surface area (Å²) in [5.41, 5.74) is 5.56. The topological polar surface area (TPSA) is 78.8 Å². The van der Waals surface area contributed by atoms with Crippen LogP contribution in [0.1, 0.15) is 40.0 Å². The molecule has 2 aliphatic rings. The Kier molecular flexibility index (Phi) is 7.28. The molecule has 41 heavy (non-hydrogen) atoms. The van der Waals surface area contributed by atoms with Crippen LogP contribution in [0.3, 0.4) is 0 Å². The molecule has 1 heterocycles. The zero-order chi connectivity index (χ0) is 28.5. The number of benzene rings is 4. The van der Waals surface area contributed by atoms with E-state index in [4.69, 9.17) is 4.40 Å². The smallest absolute Gasteiger partial charge is 0.335 e. The second kappa shape index (κ2) is 11.2. The number of nitrogens with one attached hydrogen (secondary N) is 1. The average Bonchev–Trinajstić information content (AvgIpc) is 3.39. The van der Waals surface area contributed by atoms with Crippen molar-refractivity contribution in [2.24, 2.45) is 10.3 Å². The van der Waals surface area contributed by atoms with E-state index in [1.54, 1.807) is 36.4 Å². The van der Waals surface area contributed by atoms with Crippen molar-refractivity contribution >= 4 is 45.9 Å². The maximum absolute atomic E-state index is 14.2. The van der Waals surface area contributed by atoms with Crippen molar-refractivity contribution in [1.29, 1.82) is 0 Å². The molecular formula is C34H27FN2O3S. The standard InChI is InChI=1S/C34H27FN2O3S/c1-20(22-11-13-24(14-12-22)34(39)40)36-33(38)28-18-26(23-6-3-2-4-7-23)19-31-32(28)30(37-41-31)17-21-10-15-27-25(16-21)8-5-9-29(27)35/h2-16,18-20,31-32H,17H2,1H3,(H,36,38)(H,39,40)/t20-,31?,32?/m0/s1. The Morgan fingerprint density at radius 1 is 1.00 bits per heavy atom. The molecule has 0 bridgehead atoms. The minimum atomic E-state index is -0.992. The molecular weight excluding hydrogens is 535 g/mol. The number of carboxylic acids is 1. The third-order valence-corrected chi connectivity index (χ3v) is 8.61. The Morgan fingerprint density at radius 3 is 2.54 bits per heavy atom. The first-order valence-corrected chi connectivity index (χ1v) is 14.2. The number of rotatable bonds is 7. The van der Waals surface area contributed by atoms with Gasteiger partial charge in [0.05, 0.1) is 16.9 Å². The van der Waals surface area contributed by atoms with Gasteiger partial charge in [0, 0.05) is 29.0 Å². The zero-order valence-electron chi connectivity index (χ0n) is 22.3. The van der Waals surface area contributed by atoms with Gasteiger partial charge in [-0.05, 0) is 70.8 Å². The summed E-state index contributed by atoms with van der Waals surface area (Å²) in [6.07, 6.45) is 4.69. The quantitative estimate of drug-likeness (QED) is 0.233. The van der Waals surface area contributed by atoms with Crippen LogP contribution in [0.2, 0.25) is 0 Å². The Bertz CT molecular complexity index is 1750. The number of allylic oxidation sites excluding steroid dienone is 2. The second-order valence-electron chi connectivity index (χ2n) is 10.3. The van der Waals surface area contributed by atoms with Gasteiger partial charge in [-0.2, -0.15) is 0 Å². The van der Waals surface area contributed by atoms with Gasteiger partial charge in [-0.3, -0.25) is 4.79 Å². The maximum atomic E-state index is 14.2. The first-order chi connectivity index (χ1) is 19.9. The number of fused-ring (bicyclic) bond motifs is 2. The summed E-state index contributed by atoms with van der Waals surface area (Å²) in [7, 11) is 0. The van der Waals surface area contributed by atoms with E-state index in [9.17, 15) is 19.1 Å². The highest BCUT2D eigenvalue weighted by Crippen LogP contribution is 2.43. The van der Waals surface area contributed by atoms with Gasteiger partial charge in [-0.25, -0.2) is 13.6 Å². The first-order valence-electron chi connectivity index (χ1n) is 13.4. The Labute approximate surface area is 241 Å². The van der Waals surface area contributed by atoms with Crippen molar-refractivity contribution in [1.82, 2.24) is 5.32 Å². The van der Waals surface area contributed by atoms with Crippen LogP contribution in [-0.2, 0) is 11.2 Å². The summed E-state index contributed by atoms with van der Waals surface area (Å²) < 4.78 is 19.1. The molecule has 5 nitrogen and oxygen atoms in total. The molecule has 4 aromatic carbocycles. The summed E-state index contributed by atoms with van der Waals surface area (Å²) in [6, 6.07) is 26.9. The fraction of sp³-hybridized carbons (Fsp3) is 0.147. The van der Waals surface area contributed by atoms with Gasteiger partial charge in [0.1, 0.15) is 5.82 Å². The number of hydrogen-bond donors (Lipinski definition) is 2. The molecule has 4 aromatic rings. The molecule has 7 heteroatoms. The third-order valence-electron chi connectivity index (χ3n) is 7.62. The molecule has 0 spiro atoms. The van der Waals surface area contributed by atoms with E-state index in [1.807, 2.05) is 61.5 Å². The van der Waals surface area contributed by atoms with E-state index in [0.717, 1.165) is 33.4 Å². The number of carbonyl (C=O) groups is 2. The van der Waals surface area contributed by atoms with E-state index in [2.05, 4.69) is 11.4 Å². The highest BCUT2D eigenvalue weighted by Gasteiger charge is 2.39. The largest absolute Gasteiger partial charge is 0.478 e. The van der Waals surface area contributed by atoms with Gasteiger partial charge < -0.3 is 10.4 Å². The monoisotopic (exact) mass is 562 g/mol. The number of aromatic carboxylic acids is 1. The van der Waals surface area contributed by atoms with Gasteiger partial charge in [-0.1, -0.05) is 78.9 Å². The van der Waals surface area contributed by atoms with E-state index < -0.39 is 5.97 Å². The number of carboxylic acid groups (broad SMARTS) is 1. The van der Waals surface area contributed by atoms with Crippen LogP contribution in [0.4, 0.5) is 4.39 Å². The summed E-state index contributed by atoms with van der Waals surface area (Å²) >= 11 is 1.47. The molecule has 6 rings (SSSR count). The van der Waals surface area contributed by atoms with Crippen molar-refractivity contribution in [3.8, 4) is 0 Å². The normalized spacial score (nSPS) is 18.6. The van der Waals surface area contributed by atoms with E-state index >= 15 is 0 Å². The van der Waals surface area contributed by atoms with Crippen molar-refractivity contribution in [2.75, 3.05) is 0 Å². The Morgan fingerprint density at radius 2 is 1.78 bits per heavy atom. The first kappa shape index (κ1) is 26.7. The molecule has 0 radical (unpaired) electrons. The average molecular weight is 563 g/mol. The fourth-order valence-corrected chi connectivity index (χ4v) is 6.52. The highest BCUT2D eigenvalue weighted by atomic mass is 32.2. The lowest BCUT2D eigenvalue weighted by atomic mass is 9.80. The van der Waals surface area contributed by atoms with Gasteiger partial charge in [0.2, 0.25) is 5.91 Å². The highest BCUT2D eigenvalue weighted by molar-refractivity contribution is 7.99. The van der Waals surface area contributed by atoms with Crippen LogP contribution < -0.4 is 5.32 Å². The van der Waals surface area contributed by atoms with Crippen molar-refractivity contribution < 1.29 is 19.1 Å². The Hall–Kier alpha value is -4.49. The number of nitrogens with zero attached hydrogens (tertiary/aromatic N) is 1. The lowest BCUT2D eigenvalue weighted by Crippen LogP contribution is -2.36. The van der Waals surface area contributed by atoms with Gasteiger partial charge in [0.25, 0.3) is 0 Å². The summed E-state index contributed by atoms with van der Waals surface area (Å²) in [5, 5.41) is 13.7. The maximum Gasteiger partial charge on any atom is 0.335 e. The van der Waals surface area contributed by atoms with Gasteiger partial charge in [-0.15, -0.1) is 0 Å². The van der Waals surface area contributed by atoms with Crippen LogP contribution in [-0.4, -0.2) is 27.9 Å². The number of amides is 1. The molecule has 0 aromatic heterocycles. The summed E-state index contributed by atoms with van der Waals surface area (Å²) in [5.74, 6) is -1.64. The molecule has 1 aliphatic carbocycles. The van der Waals surface area contributed by atoms with Gasteiger partial charge >= 0.3 is 5.97 Å². The van der Waals surface area contributed by atoms with Crippen molar-refractivity contribution in [3.63, 3.8) is 0 Å². The van der Waals surface area contributed by atoms with Crippen LogP contribution in [0.25, 0.3) is 16.3 Å². The van der Waals surface area contributed by atoms with Crippen LogP contribution in [0, 0.1) is 11.7 Å². The lowest BCUT2D eigenvalue weighted by Gasteiger charge is -2.27. The molecule has 2 N–H and O–H groups in total. The fourth-order valence-electron chi connectivity index (χ4n) is 5.45. The summed E-state index contributed by atoms with van der Waals surface area (Å²) in [4.78, 5) is 25.1. The SMILES string of the molecule is C[C@H](NC(=O)C1=CC(c2ccccc2)=CC2SN=C(Cc3ccc4c(F)cccc4c3)C12)c1ccc(C(=O)O)cc1. The van der Waals surface area contributed by atoms with Crippen LogP contribution in [0.5, 0.6) is 0 Å². The van der Waals surface area contributed by atoms with Crippen LogP contribution in [0.15, 0.2) is 113 Å². The molecule has 2 unspecified atom stereocenters. The molecule has 0 fully saturated rings. The van der Waals surface area contributed by atoms with Crippen molar-refractivity contribution in [2.45, 2.75) is 24.6 Å². The van der Waals surface area contributed by atoms with E-state index in [0.29, 0.717) is 17.4 Å². The second-order valence-corrected chi connectivity index (χ2v) is 11.3. The van der Waals surface area contributed by atoms with Gasteiger partial charge in [0.15, 0.2) is 0 Å². The van der Waals surface area contributed by atoms with E-state index in [-0.39, 0.29) is 34.5 Å². The lowest BCUT2D eigenvalue weighted by molar-refractivity contribution is -0.118. The van der Waals surface area contributed by atoms with Crippen LogP contribution >= 0.6 is 11.9 Å². The number of hydrogen-bond acceptors (Lipinski definition) is 4. The molecule has 1 aliphatic heterocycles. The Balaban J connectivity index is 1.29. The number of halogens is 1. The van der Waals surface area contributed by atoms with Crippen molar-refractivity contribution in [3.05, 3.63) is 137 Å². The third kappa shape index (κ3) is 5.45. The molecule has 0 saturated heterocycles. The summed E-state index contributed by atoms with van der Waals surface area (Å²) in [6.45, 7) is 1.88. The molecule has 3 atom stereocenters. The number of carbonyl (C=O) groups excluding carboxylic acids is 1. The minimum Gasteiger partial charge on any atom is -0.478 e. The minimum absolute atomic E-state index is 0.0333. The molecule has 1 amide bonds.